The van der Waals surface area contributed by atoms with Crippen LogP contribution < -0.4 is 11.5 Å². The van der Waals surface area contributed by atoms with Gasteiger partial charge in [-0.05, 0) is 42.4 Å². The van der Waals surface area contributed by atoms with Gasteiger partial charge in [0, 0.05) is 17.8 Å². The minimum absolute atomic E-state index is 0.118. The second-order valence-corrected chi connectivity index (χ2v) is 5.79. The van der Waals surface area contributed by atoms with Crippen LogP contribution in [0.5, 0.6) is 0 Å². The van der Waals surface area contributed by atoms with E-state index in [4.69, 9.17) is 11.5 Å². The molecule has 0 aliphatic heterocycles. The summed E-state index contributed by atoms with van der Waals surface area (Å²) >= 11 is 0. The van der Waals surface area contributed by atoms with Crippen LogP contribution >= 0.6 is 0 Å². The van der Waals surface area contributed by atoms with Crippen LogP contribution in [0, 0.1) is 12.3 Å². The van der Waals surface area contributed by atoms with Crippen LogP contribution in [0.4, 0.5) is 5.82 Å². The second-order valence-electron chi connectivity index (χ2n) is 5.79. The molecule has 0 radical (unpaired) electrons. The largest absolute Gasteiger partial charge is 0.383 e. The fourth-order valence-corrected chi connectivity index (χ4v) is 2.77. The van der Waals surface area contributed by atoms with Crippen molar-refractivity contribution in [1.29, 1.82) is 0 Å². The summed E-state index contributed by atoms with van der Waals surface area (Å²) in [4.78, 5) is 4.18. The van der Waals surface area contributed by atoms with E-state index in [0.29, 0.717) is 5.82 Å². The summed E-state index contributed by atoms with van der Waals surface area (Å²) in [5.74, 6) is 0.612. The van der Waals surface area contributed by atoms with E-state index < -0.39 is 0 Å². The van der Waals surface area contributed by atoms with E-state index in [1.54, 1.807) is 6.20 Å². The van der Waals surface area contributed by atoms with Gasteiger partial charge in [-0.25, -0.2) is 4.98 Å². The fourth-order valence-electron chi connectivity index (χ4n) is 2.77. The van der Waals surface area contributed by atoms with Gasteiger partial charge in [0.15, 0.2) is 0 Å². The average molecular weight is 231 g/mol. The Kier molecular flexibility index (Phi) is 2.96. The summed E-state index contributed by atoms with van der Waals surface area (Å²) in [6.07, 6.45) is 5.93. The lowest BCUT2D eigenvalue weighted by Crippen LogP contribution is -2.30. The van der Waals surface area contributed by atoms with E-state index in [1.807, 2.05) is 6.07 Å². The smallest absolute Gasteiger partial charge is 0.131 e. The molecule has 92 valence electrons. The first-order valence-corrected chi connectivity index (χ1v) is 6.07. The molecule has 1 aromatic rings. The van der Waals surface area contributed by atoms with Gasteiger partial charge in [-0.3, -0.25) is 0 Å². The summed E-state index contributed by atoms with van der Waals surface area (Å²) in [6, 6.07) is 2.12. The molecule has 0 amide bonds. The van der Waals surface area contributed by atoms with Gasteiger partial charge in [-0.2, -0.15) is 0 Å². The number of nitrogens with zero attached hydrogens (tertiary/aromatic N) is 1. The molecule has 1 aliphatic rings. The molecule has 2 rings (SSSR count). The highest BCUT2D eigenvalue weighted by molar-refractivity contribution is 5.76. The highest BCUT2D eigenvalue weighted by Crippen LogP contribution is 2.40. The van der Waals surface area contributed by atoms with Gasteiger partial charge in [0.1, 0.15) is 5.82 Å². The maximum Gasteiger partial charge on any atom is 0.131 e. The van der Waals surface area contributed by atoms with Gasteiger partial charge in [-0.15, -0.1) is 0 Å². The maximum atomic E-state index is 6.10. The molecule has 1 heterocycles. The molecule has 17 heavy (non-hydrogen) atoms. The molecule has 4 N–H and O–H groups in total. The topological polar surface area (TPSA) is 64.9 Å². The first-order chi connectivity index (χ1) is 7.89. The second kappa shape index (κ2) is 4.15. The number of hydrogen-bond acceptors (Lipinski definition) is 3. The minimum Gasteiger partial charge on any atom is -0.383 e. The third kappa shape index (κ3) is 2.50. The maximum absolute atomic E-state index is 6.10. The van der Waals surface area contributed by atoms with Gasteiger partial charge in [-0.1, -0.05) is 19.9 Å². The Morgan fingerprint density at radius 2 is 2.12 bits per heavy atom. The number of aryl methyl sites for hydroxylation is 1. The number of anilines is 1. The summed E-state index contributed by atoms with van der Waals surface area (Å²) in [6.45, 7) is 6.57. The van der Waals surface area contributed by atoms with Crippen molar-refractivity contribution in [3.05, 3.63) is 29.5 Å². The molecular weight excluding hydrogens is 210 g/mol. The zero-order valence-corrected chi connectivity index (χ0v) is 10.8. The van der Waals surface area contributed by atoms with Crippen molar-refractivity contribution in [3.8, 4) is 0 Å². The van der Waals surface area contributed by atoms with Crippen LogP contribution in [0.3, 0.4) is 0 Å². The molecule has 0 bridgehead atoms. The Morgan fingerprint density at radius 3 is 2.71 bits per heavy atom. The number of allylic oxidation sites excluding steroid dienone is 1. The Labute approximate surface area is 103 Å². The highest BCUT2D eigenvalue weighted by atomic mass is 14.8. The number of nitrogen functional groups attached to an aromatic ring is 1. The van der Waals surface area contributed by atoms with Crippen LogP contribution in [-0.4, -0.2) is 11.0 Å². The number of pyridine rings is 1. The van der Waals surface area contributed by atoms with E-state index in [0.717, 1.165) is 18.4 Å². The SMILES string of the molecule is Cc1ccnc(N)c1C1=CC(N)CC(C)(C)C1. The summed E-state index contributed by atoms with van der Waals surface area (Å²) in [5.41, 5.74) is 15.8. The van der Waals surface area contributed by atoms with Gasteiger partial charge >= 0.3 is 0 Å². The normalized spacial score (nSPS) is 23.3. The van der Waals surface area contributed by atoms with Crippen molar-refractivity contribution in [2.24, 2.45) is 11.1 Å². The van der Waals surface area contributed by atoms with E-state index in [1.165, 1.54) is 11.1 Å². The van der Waals surface area contributed by atoms with Crippen molar-refractivity contribution in [2.75, 3.05) is 5.73 Å². The van der Waals surface area contributed by atoms with Gasteiger partial charge in [0.25, 0.3) is 0 Å². The molecular formula is C14H21N3. The minimum atomic E-state index is 0.118. The van der Waals surface area contributed by atoms with E-state index in [-0.39, 0.29) is 11.5 Å². The van der Waals surface area contributed by atoms with E-state index in [9.17, 15) is 0 Å². The van der Waals surface area contributed by atoms with Crippen LogP contribution in [0.1, 0.15) is 37.8 Å². The van der Waals surface area contributed by atoms with Crippen LogP contribution in [0.15, 0.2) is 18.3 Å². The molecule has 1 unspecified atom stereocenters. The van der Waals surface area contributed by atoms with Crippen molar-refractivity contribution in [3.63, 3.8) is 0 Å². The molecule has 0 saturated carbocycles. The van der Waals surface area contributed by atoms with E-state index in [2.05, 4.69) is 31.8 Å². The van der Waals surface area contributed by atoms with Gasteiger partial charge < -0.3 is 11.5 Å². The molecule has 0 saturated heterocycles. The third-order valence-corrected chi connectivity index (χ3v) is 3.38. The summed E-state index contributed by atoms with van der Waals surface area (Å²) in [7, 11) is 0. The summed E-state index contributed by atoms with van der Waals surface area (Å²) in [5, 5.41) is 0. The van der Waals surface area contributed by atoms with Crippen molar-refractivity contribution in [1.82, 2.24) is 4.98 Å². The van der Waals surface area contributed by atoms with Gasteiger partial charge in [0.05, 0.1) is 0 Å². The Balaban J connectivity index is 2.47. The average Bonchev–Trinajstić information content (AvgIpc) is 2.13. The monoisotopic (exact) mass is 231 g/mol. The first kappa shape index (κ1) is 12.1. The molecule has 3 heteroatoms. The first-order valence-electron chi connectivity index (χ1n) is 6.07. The molecule has 0 fully saturated rings. The molecule has 0 spiro atoms. The number of nitrogens with two attached hydrogens (primary N) is 2. The lowest BCUT2D eigenvalue weighted by molar-refractivity contribution is 0.318. The van der Waals surface area contributed by atoms with Gasteiger partial charge in [0.2, 0.25) is 0 Å². The molecule has 3 nitrogen and oxygen atoms in total. The lowest BCUT2D eigenvalue weighted by Gasteiger charge is -2.33. The zero-order chi connectivity index (χ0) is 12.6. The van der Waals surface area contributed by atoms with Crippen molar-refractivity contribution >= 4 is 11.4 Å². The highest BCUT2D eigenvalue weighted by Gasteiger charge is 2.28. The molecule has 1 aromatic heterocycles. The predicted molar refractivity (Wildman–Crippen MR) is 72.4 cm³/mol. The van der Waals surface area contributed by atoms with Crippen LogP contribution in [0.2, 0.25) is 0 Å². The number of rotatable bonds is 1. The third-order valence-electron chi connectivity index (χ3n) is 3.38. The fraction of sp³-hybridized carbons (Fsp3) is 0.500. The molecule has 1 atom stereocenters. The Morgan fingerprint density at radius 1 is 1.41 bits per heavy atom. The predicted octanol–water partition coefficient (Wildman–Crippen LogP) is 2.50. The summed E-state index contributed by atoms with van der Waals surface area (Å²) < 4.78 is 0. The quantitative estimate of drug-likeness (QED) is 0.780. The van der Waals surface area contributed by atoms with Crippen molar-refractivity contribution in [2.45, 2.75) is 39.7 Å². The number of aromatic nitrogens is 1. The number of hydrogen-bond donors (Lipinski definition) is 2. The Bertz CT molecular complexity index is 440. The standard InChI is InChI=1S/C14H21N3/c1-9-4-5-17-13(16)12(9)10-6-11(15)8-14(2,3)7-10/h4-6,11H,7-8,15H2,1-3H3,(H2,16,17). The van der Waals surface area contributed by atoms with E-state index >= 15 is 0 Å². The Hall–Kier alpha value is -1.35. The van der Waals surface area contributed by atoms with Crippen molar-refractivity contribution < 1.29 is 0 Å². The zero-order valence-electron chi connectivity index (χ0n) is 10.8. The molecule has 1 aliphatic carbocycles. The lowest BCUT2D eigenvalue weighted by atomic mass is 9.73. The van der Waals surface area contributed by atoms with Crippen LogP contribution in [-0.2, 0) is 0 Å². The van der Waals surface area contributed by atoms with Crippen LogP contribution in [0.25, 0.3) is 5.57 Å². The molecule has 0 aromatic carbocycles.